The maximum Gasteiger partial charge on any atom is 0.256 e. The van der Waals surface area contributed by atoms with E-state index in [0.717, 1.165) is 2.88 Å². The molecule has 2 rings (SSSR count). The summed E-state index contributed by atoms with van der Waals surface area (Å²) in [5.41, 5.74) is 1.17. The molecule has 0 aliphatic rings. The zero-order valence-corrected chi connectivity index (χ0v) is 13.1. The third-order valence-electron chi connectivity index (χ3n) is 2.25. The van der Waals surface area contributed by atoms with Crippen LogP contribution in [-0.2, 0) is 0 Å². The topological polar surface area (TPSA) is 38.3 Å². The number of carbonyl (C=O) groups is 1. The molecule has 0 atom stereocenters. The van der Waals surface area contributed by atoms with Crippen molar-refractivity contribution < 1.29 is 9.53 Å². The van der Waals surface area contributed by atoms with Gasteiger partial charge in [0.05, 0.1) is 26.3 Å². The summed E-state index contributed by atoms with van der Waals surface area (Å²) in [6.45, 7) is 0. The first-order valence-electron chi connectivity index (χ1n) is 4.99. The van der Waals surface area contributed by atoms with Gasteiger partial charge in [-0.15, -0.1) is 11.3 Å². The fraction of sp³-hybridized carbons (Fsp3) is 0.0833. The largest absolute Gasteiger partial charge is 0.497 e. The van der Waals surface area contributed by atoms with E-state index in [1.54, 1.807) is 25.3 Å². The van der Waals surface area contributed by atoms with Crippen molar-refractivity contribution in [1.82, 2.24) is 0 Å². The Hall–Kier alpha value is -0.790. The molecule has 1 heterocycles. The minimum Gasteiger partial charge on any atom is -0.497 e. The SMILES string of the molecule is COc1ccc(Cl)c(NC(=O)c2csc(I)c2)c1. The average Bonchev–Trinajstić information content (AvgIpc) is 2.79. The highest BCUT2D eigenvalue weighted by atomic mass is 127. The van der Waals surface area contributed by atoms with Crippen molar-refractivity contribution in [2.75, 3.05) is 12.4 Å². The number of amides is 1. The van der Waals surface area contributed by atoms with Crippen molar-refractivity contribution in [1.29, 1.82) is 0 Å². The van der Waals surface area contributed by atoms with Gasteiger partial charge in [0.1, 0.15) is 5.75 Å². The van der Waals surface area contributed by atoms with Gasteiger partial charge in [-0.1, -0.05) is 11.6 Å². The summed E-state index contributed by atoms with van der Waals surface area (Å²) in [6, 6.07) is 6.95. The predicted molar refractivity (Wildman–Crippen MR) is 83.0 cm³/mol. The molecule has 0 saturated carbocycles. The predicted octanol–water partition coefficient (Wildman–Crippen LogP) is 4.27. The molecule has 0 fully saturated rings. The van der Waals surface area contributed by atoms with Gasteiger partial charge >= 0.3 is 0 Å². The molecule has 94 valence electrons. The molecule has 1 aromatic heterocycles. The van der Waals surface area contributed by atoms with Gasteiger partial charge in [-0.05, 0) is 40.8 Å². The van der Waals surface area contributed by atoms with Crippen LogP contribution in [0.3, 0.4) is 0 Å². The Morgan fingerprint density at radius 3 is 2.83 bits per heavy atom. The Morgan fingerprint density at radius 1 is 1.44 bits per heavy atom. The van der Waals surface area contributed by atoms with Crippen LogP contribution in [0.4, 0.5) is 5.69 Å². The van der Waals surface area contributed by atoms with Crippen LogP contribution in [0, 0.1) is 2.88 Å². The molecule has 1 N–H and O–H groups in total. The standard InChI is InChI=1S/C12H9ClINO2S/c1-17-8-2-3-9(13)10(5-8)15-12(16)7-4-11(14)18-6-7/h2-6H,1H3,(H,15,16). The molecule has 0 radical (unpaired) electrons. The van der Waals surface area contributed by atoms with Gasteiger partial charge < -0.3 is 10.1 Å². The van der Waals surface area contributed by atoms with Gasteiger partial charge in [0.25, 0.3) is 5.91 Å². The van der Waals surface area contributed by atoms with Crippen LogP contribution in [0.2, 0.25) is 5.02 Å². The van der Waals surface area contributed by atoms with Gasteiger partial charge in [-0.2, -0.15) is 0 Å². The van der Waals surface area contributed by atoms with E-state index in [2.05, 4.69) is 27.9 Å². The van der Waals surface area contributed by atoms with Crippen molar-refractivity contribution in [3.05, 3.63) is 43.1 Å². The molecule has 0 aliphatic heterocycles. The fourth-order valence-corrected chi connectivity index (χ4v) is 2.84. The summed E-state index contributed by atoms with van der Waals surface area (Å²) in [7, 11) is 1.57. The van der Waals surface area contributed by atoms with E-state index >= 15 is 0 Å². The number of hydrogen-bond donors (Lipinski definition) is 1. The third-order valence-corrected chi connectivity index (χ3v) is 4.37. The van der Waals surface area contributed by atoms with Crippen LogP contribution in [0.25, 0.3) is 0 Å². The first-order valence-corrected chi connectivity index (χ1v) is 7.32. The summed E-state index contributed by atoms with van der Waals surface area (Å²) < 4.78 is 6.16. The number of thiophene rings is 1. The monoisotopic (exact) mass is 393 g/mol. The van der Waals surface area contributed by atoms with Crippen LogP contribution in [0.5, 0.6) is 5.75 Å². The number of benzene rings is 1. The molecular formula is C12H9ClINO2S. The number of rotatable bonds is 3. The number of halogens is 2. The quantitative estimate of drug-likeness (QED) is 0.791. The van der Waals surface area contributed by atoms with E-state index in [1.807, 2.05) is 11.4 Å². The Morgan fingerprint density at radius 2 is 2.22 bits per heavy atom. The second-order valence-electron chi connectivity index (χ2n) is 3.44. The maximum absolute atomic E-state index is 12.0. The Labute approximate surface area is 127 Å². The summed E-state index contributed by atoms with van der Waals surface area (Å²) in [5, 5.41) is 5.06. The van der Waals surface area contributed by atoms with Crippen LogP contribution in [0.1, 0.15) is 10.4 Å². The lowest BCUT2D eigenvalue weighted by atomic mass is 10.2. The lowest BCUT2D eigenvalue weighted by molar-refractivity contribution is 0.102. The number of anilines is 1. The van der Waals surface area contributed by atoms with Crippen LogP contribution in [-0.4, -0.2) is 13.0 Å². The van der Waals surface area contributed by atoms with E-state index in [4.69, 9.17) is 16.3 Å². The molecule has 0 bridgehead atoms. The van der Waals surface area contributed by atoms with E-state index in [1.165, 1.54) is 11.3 Å². The Balaban J connectivity index is 2.21. The first-order chi connectivity index (χ1) is 8.60. The van der Waals surface area contributed by atoms with E-state index in [-0.39, 0.29) is 5.91 Å². The number of carbonyl (C=O) groups excluding carboxylic acids is 1. The normalized spacial score (nSPS) is 10.2. The molecule has 6 heteroatoms. The number of hydrogen-bond acceptors (Lipinski definition) is 3. The van der Waals surface area contributed by atoms with Gasteiger partial charge in [0.15, 0.2) is 0 Å². The minimum atomic E-state index is -0.177. The molecular weight excluding hydrogens is 385 g/mol. The molecule has 0 spiro atoms. The van der Waals surface area contributed by atoms with Crippen LogP contribution < -0.4 is 10.1 Å². The summed E-state index contributed by atoms with van der Waals surface area (Å²) >= 11 is 9.72. The van der Waals surface area contributed by atoms with Gasteiger partial charge in [-0.3, -0.25) is 4.79 Å². The van der Waals surface area contributed by atoms with E-state index in [0.29, 0.717) is 22.0 Å². The summed E-state index contributed by atoms with van der Waals surface area (Å²) in [6.07, 6.45) is 0. The van der Waals surface area contributed by atoms with Crippen LogP contribution in [0.15, 0.2) is 29.6 Å². The van der Waals surface area contributed by atoms with Crippen molar-refractivity contribution in [2.45, 2.75) is 0 Å². The molecule has 1 aromatic carbocycles. The van der Waals surface area contributed by atoms with E-state index in [9.17, 15) is 4.79 Å². The second-order valence-corrected chi connectivity index (χ2v) is 6.65. The first kappa shape index (κ1) is 13.6. The van der Waals surface area contributed by atoms with Crippen molar-refractivity contribution in [3.63, 3.8) is 0 Å². The molecule has 0 saturated heterocycles. The highest BCUT2D eigenvalue weighted by molar-refractivity contribution is 14.1. The maximum atomic E-state index is 12.0. The molecule has 18 heavy (non-hydrogen) atoms. The number of ether oxygens (including phenoxy) is 1. The number of methoxy groups -OCH3 is 1. The number of nitrogens with one attached hydrogen (secondary N) is 1. The molecule has 3 nitrogen and oxygen atoms in total. The lowest BCUT2D eigenvalue weighted by Gasteiger charge is -2.08. The highest BCUT2D eigenvalue weighted by Crippen LogP contribution is 2.27. The summed E-state index contributed by atoms with van der Waals surface area (Å²) in [4.78, 5) is 12.0. The Kier molecular flexibility index (Phi) is 4.47. The Bertz CT molecular complexity index is 585. The third kappa shape index (κ3) is 3.15. The average molecular weight is 394 g/mol. The van der Waals surface area contributed by atoms with Crippen molar-refractivity contribution in [2.24, 2.45) is 0 Å². The van der Waals surface area contributed by atoms with Crippen molar-refractivity contribution in [3.8, 4) is 5.75 Å². The van der Waals surface area contributed by atoms with Gasteiger partial charge in [0, 0.05) is 11.4 Å². The minimum absolute atomic E-state index is 0.177. The molecule has 1 amide bonds. The molecule has 0 aliphatic carbocycles. The zero-order valence-electron chi connectivity index (χ0n) is 9.37. The highest BCUT2D eigenvalue weighted by Gasteiger charge is 2.11. The smallest absolute Gasteiger partial charge is 0.256 e. The summed E-state index contributed by atoms with van der Waals surface area (Å²) in [5.74, 6) is 0.471. The molecule has 0 unspecified atom stereocenters. The fourth-order valence-electron chi connectivity index (χ4n) is 1.35. The van der Waals surface area contributed by atoms with Crippen molar-refractivity contribution >= 4 is 57.1 Å². The van der Waals surface area contributed by atoms with Gasteiger partial charge in [-0.25, -0.2) is 0 Å². The van der Waals surface area contributed by atoms with E-state index < -0.39 is 0 Å². The zero-order chi connectivity index (χ0) is 13.1. The van der Waals surface area contributed by atoms with Gasteiger partial charge in [0.2, 0.25) is 0 Å². The second kappa shape index (κ2) is 5.90. The lowest BCUT2D eigenvalue weighted by Crippen LogP contribution is -2.11. The molecule has 2 aromatic rings. The van der Waals surface area contributed by atoms with Crippen LogP contribution >= 0.6 is 45.5 Å².